The molecule has 0 aliphatic heterocycles. The third-order valence-corrected chi connectivity index (χ3v) is 3.93. The molecule has 2 nitrogen and oxygen atoms in total. The van der Waals surface area contributed by atoms with Crippen molar-refractivity contribution in [1.29, 1.82) is 0 Å². The number of anilines is 1. The van der Waals surface area contributed by atoms with E-state index in [0.717, 1.165) is 5.69 Å². The van der Waals surface area contributed by atoms with Gasteiger partial charge >= 0.3 is 0 Å². The summed E-state index contributed by atoms with van der Waals surface area (Å²) in [4.78, 5) is 0.586. The first-order chi connectivity index (χ1) is 8.16. The van der Waals surface area contributed by atoms with E-state index in [9.17, 15) is 4.21 Å². The highest BCUT2D eigenvalue weighted by Crippen LogP contribution is 2.24. The second-order valence-electron chi connectivity index (χ2n) is 3.31. The second kappa shape index (κ2) is 5.54. The fourth-order valence-corrected chi connectivity index (χ4v) is 2.51. The Morgan fingerprint density at radius 3 is 2.29 bits per heavy atom. The van der Waals surface area contributed by atoms with E-state index < -0.39 is 11.0 Å². The van der Waals surface area contributed by atoms with Crippen LogP contribution in [0.5, 0.6) is 0 Å². The molecule has 0 aliphatic carbocycles. The molecule has 2 aromatic rings. The lowest BCUT2D eigenvalue weighted by Crippen LogP contribution is -2.04. The van der Waals surface area contributed by atoms with Crippen LogP contribution in [0.1, 0.15) is 0 Å². The Hall–Kier alpha value is -1.03. The largest absolute Gasteiger partial charge is 0.301 e. The molecule has 0 bridgehead atoms. The number of hydrogen-bond acceptors (Lipinski definition) is 1. The predicted molar refractivity (Wildman–Crippen MR) is 72.9 cm³/mol. The third-order valence-electron chi connectivity index (χ3n) is 2.09. The van der Waals surface area contributed by atoms with E-state index in [-0.39, 0.29) is 0 Å². The highest BCUT2D eigenvalue weighted by molar-refractivity contribution is 7.86. The number of para-hydroxylation sites is 1. The maximum Gasteiger partial charge on any atom is 0.150 e. The maximum atomic E-state index is 12.0. The number of rotatable bonds is 3. The molecule has 17 heavy (non-hydrogen) atoms. The predicted octanol–water partition coefficient (Wildman–Crippen LogP) is 4.13. The molecule has 0 aromatic heterocycles. The van der Waals surface area contributed by atoms with Gasteiger partial charge in [0, 0.05) is 5.69 Å². The SMILES string of the molecule is O=S(Nc1ccccc1)c1ccc(Cl)c(Cl)c1. The van der Waals surface area contributed by atoms with Gasteiger partial charge in [0.2, 0.25) is 0 Å². The summed E-state index contributed by atoms with van der Waals surface area (Å²) in [6, 6.07) is 14.2. The van der Waals surface area contributed by atoms with Crippen molar-refractivity contribution in [1.82, 2.24) is 0 Å². The number of hydrogen-bond donors (Lipinski definition) is 1. The third kappa shape index (κ3) is 3.22. The summed E-state index contributed by atoms with van der Waals surface area (Å²) in [5.41, 5.74) is 0.789. The van der Waals surface area contributed by atoms with Crippen molar-refractivity contribution < 1.29 is 4.21 Å². The van der Waals surface area contributed by atoms with Gasteiger partial charge in [-0.3, -0.25) is 0 Å². The lowest BCUT2D eigenvalue weighted by Gasteiger charge is -2.06. The molecule has 0 saturated carbocycles. The van der Waals surface area contributed by atoms with Crippen LogP contribution in [0, 0.1) is 0 Å². The van der Waals surface area contributed by atoms with E-state index in [1.807, 2.05) is 30.3 Å². The zero-order valence-corrected chi connectivity index (χ0v) is 11.0. The van der Waals surface area contributed by atoms with Gasteiger partial charge in [0.15, 0.2) is 0 Å². The summed E-state index contributed by atoms with van der Waals surface area (Å²) in [6.45, 7) is 0. The molecule has 0 heterocycles. The highest BCUT2D eigenvalue weighted by atomic mass is 35.5. The van der Waals surface area contributed by atoms with Gasteiger partial charge in [-0.05, 0) is 30.3 Å². The van der Waals surface area contributed by atoms with Crippen LogP contribution < -0.4 is 4.72 Å². The van der Waals surface area contributed by atoms with Crippen molar-refractivity contribution in [3.8, 4) is 0 Å². The van der Waals surface area contributed by atoms with Gasteiger partial charge in [0.05, 0.1) is 14.9 Å². The van der Waals surface area contributed by atoms with Gasteiger partial charge < -0.3 is 4.72 Å². The zero-order chi connectivity index (χ0) is 12.3. The first-order valence-electron chi connectivity index (χ1n) is 4.85. The van der Waals surface area contributed by atoms with Crippen LogP contribution in [0.25, 0.3) is 0 Å². The molecule has 1 atom stereocenters. The highest BCUT2D eigenvalue weighted by Gasteiger charge is 2.06. The van der Waals surface area contributed by atoms with E-state index in [1.165, 1.54) is 0 Å². The molecule has 0 radical (unpaired) electrons. The van der Waals surface area contributed by atoms with Crippen molar-refractivity contribution in [2.45, 2.75) is 4.90 Å². The molecule has 0 spiro atoms. The molecule has 0 aliphatic rings. The van der Waals surface area contributed by atoms with Gasteiger partial charge in [-0.15, -0.1) is 0 Å². The van der Waals surface area contributed by atoms with E-state index in [4.69, 9.17) is 23.2 Å². The maximum absolute atomic E-state index is 12.0. The molecule has 1 N–H and O–H groups in total. The van der Waals surface area contributed by atoms with E-state index in [0.29, 0.717) is 14.9 Å². The van der Waals surface area contributed by atoms with E-state index in [1.54, 1.807) is 18.2 Å². The van der Waals surface area contributed by atoms with Gasteiger partial charge in [-0.25, -0.2) is 4.21 Å². The van der Waals surface area contributed by atoms with Crippen LogP contribution in [0.4, 0.5) is 5.69 Å². The summed E-state index contributed by atoms with van der Waals surface area (Å²) >= 11 is 11.7. The first-order valence-corrected chi connectivity index (χ1v) is 6.76. The van der Waals surface area contributed by atoms with Crippen LogP contribution in [0.3, 0.4) is 0 Å². The van der Waals surface area contributed by atoms with Gasteiger partial charge in [-0.2, -0.15) is 0 Å². The quantitative estimate of drug-likeness (QED) is 0.903. The fourth-order valence-electron chi connectivity index (χ4n) is 1.26. The van der Waals surface area contributed by atoms with Crippen LogP contribution in [-0.4, -0.2) is 4.21 Å². The number of benzene rings is 2. The molecule has 1 unspecified atom stereocenters. The van der Waals surface area contributed by atoms with E-state index >= 15 is 0 Å². The van der Waals surface area contributed by atoms with Crippen LogP contribution in [0.15, 0.2) is 53.4 Å². The average molecular weight is 286 g/mol. The topological polar surface area (TPSA) is 29.1 Å². The lowest BCUT2D eigenvalue weighted by molar-refractivity contribution is 0.686. The number of nitrogens with one attached hydrogen (secondary N) is 1. The molecule has 88 valence electrons. The normalized spacial score (nSPS) is 12.1. The van der Waals surface area contributed by atoms with Crippen molar-refractivity contribution in [3.63, 3.8) is 0 Å². The van der Waals surface area contributed by atoms with Gasteiger partial charge in [-0.1, -0.05) is 41.4 Å². The fraction of sp³-hybridized carbons (Fsp3) is 0. The zero-order valence-electron chi connectivity index (χ0n) is 8.69. The smallest absolute Gasteiger partial charge is 0.150 e. The molecule has 0 saturated heterocycles. The molecular weight excluding hydrogens is 277 g/mol. The van der Waals surface area contributed by atoms with Crippen LogP contribution >= 0.6 is 23.2 Å². The molecule has 2 aromatic carbocycles. The van der Waals surface area contributed by atoms with E-state index in [2.05, 4.69) is 4.72 Å². The average Bonchev–Trinajstić information content (AvgIpc) is 2.34. The summed E-state index contributed by atoms with van der Waals surface area (Å²) in [5.74, 6) is 0. The molecule has 0 amide bonds. The Morgan fingerprint density at radius 2 is 1.65 bits per heavy atom. The summed E-state index contributed by atoms with van der Waals surface area (Å²) in [5, 5.41) is 0.847. The standard InChI is InChI=1S/C12H9Cl2NOS/c13-11-7-6-10(8-12(11)14)17(16)15-9-4-2-1-3-5-9/h1-8,15H. The second-order valence-corrected chi connectivity index (χ2v) is 5.34. The Bertz CT molecular complexity index is 545. The van der Waals surface area contributed by atoms with Gasteiger partial charge in [0.1, 0.15) is 11.0 Å². The van der Waals surface area contributed by atoms with Crippen molar-refractivity contribution in [3.05, 3.63) is 58.6 Å². The summed E-state index contributed by atoms with van der Waals surface area (Å²) < 4.78 is 14.9. The number of halogens is 2. The Kier molecular flexibility index (Phi) is 4.05. The van der Waals surface area contributed by atoms with Crippen molar-refractivity contribution in [2.75, 3.05) is 4.72 Å². The molecule has 2 rings (SSSR count). The van der Waals surface area contributed by atoms with Gasteiger partial charge in [0.25, 0.3) is 0 Å². The first kappa shape index (κ1) is 12.4. The lowest BCUT2D eigenvalue weighted by atomic mass is 10.3. The minimum Gasteiger partial charge on any atom is -0.301 e. The Morgan fingerprint density at radius 1 is 0.941 bits per heavy atom. The molecular formula is C12H9Cl2NOS. The minimum absolute atomic E-state index is 0.396. The van der Waals surface area contributed by atoms with Crippen LogP contribution in [-0.2, 0) is 11.0 Å². The summed E-state index contributed by atoms with van der Waals surface area (Å²) in [7, 11) is -1.35. The molecule has 5 heteroatoms. The summed E-state index contributed by atoms with van der Waals surface area (Å²) in [6.07, 6.45) is 0. The Labute approximate surface area is 112 Å². The monoisotopic (exact) mass is 285 g/mol. The van der Waals surface area contributed by atoms with Crippen molar-refractivity contribution >= 4 is 39.9 Å². The van der Waals surface area contributed by atoms with Crippen molar-refractivity contribution in [2.24, 2.45) is 0 Å². The van der Waals surface area contributed by atoms with Crippen LogP contribution in [0.2, 0.25) is 10.0 Å². The minimum atomic E-state index is -1.35. The molecule has 0 fully saturated rings. The Balaban J connectivity index is 2.18.